The highest BCUT2D eigenvalue weighted by Crippen LogP contribution is 2.29. The number of sulfone groups is 1. The molecule has 2 aromatic carbocycles. The third-order valence-corrected chi connectivity index (χ3v) is 5.31. The number of aryl methyl sites for hydroxylation is 1. The molecular formula is C16H12F2N2O4S. The maximum absolute atomic E-state index is 13.9. The molecule has 0 saturated heterocycles. The van der Waals surface area contributed by atoms with Crippen LogP contribution in [0.4, 0.5) is 20.2 Å². The number of anilines is 2. The zero-order valence-corrected chi connectivity index (χ0v) is 13.7. The summed E-state index contributed by atoms with van der Waals surface area (Å²) in [5.41, 5.74) is -0.271. The second-order valence-corrected chi connectivity index (χ2v) is 7.51. The Morgan fingerprint density at radius 1 is 1.16 bits per heavy atom. The summed E-state index contributed by atoms with van der Waals surface area (Å²) in [6.45, 7) is 1.36. The van der Waals surface area contributed by atoms with Crippen LogP contribution >= 0.6 is 0 Å². The minimum absolute atomic E-state index is 0.0599. The molecule has 1 aliphatic rings. The Morgan fingerprint density at radius 2 is 1.88 bits per heavy atom. The molecule has 0 fully saturated rings. The molecule has 0 atom stereocenters. The lowest BCUT2D eigenvalue weighted by atomic mass is 10.1. The van der Waals surface area contributed by atoms with Crippen molar-refractivity contribution in [3.05, 3.63) is 53.1 Å². The molecule has 0 radical (unpaired) electrons. The van der Waals surface area contributed by atoms with Gasteiger partial charge in [-0.1, -0.05) is 0 Å². The molecule has 2 aromatic rings. The van der Waals surface area contributed by atoms with Gasteiger partial charge in [-0.2, -0.15) is 0 Å². The molecule has 9 heteroatoms. The first-order valence-corrected chi connectivity index (χ1v) is 8.76. The molecular weight excluding hydrogens is 354 g/mol. The number of halogens is 2. The number of fused-ring (bicyclic) bond motifs is 1. The predicted octanol–water partition coefficient (Wildman–Crippen LogP) is 2.25. The fourth-order valence-electron chi connectivity index (χ4n) is 2.42. The van der Waals surface area contributed by atoms with Gasteiger partial charge in [-0.15, -0.1) is 0 Å². The summed E-state index contributed by atoms with van der Waals surface area (Å²) in [5, 5.41) is 4.73. The van der Waals surface area contributed by atoms with Crippen LogP contribution in [0.5, 0.6) is 0 Å². The second-order valence-electron chi connectivity index (χ2n) is 5.55. The Bertz CT molecular complexity index is 1020. The number of carbonyl (C=O) groups is 2. The molecule has 0 aromatic heterocycles. The third kappa shape index (κ3) is 3.22. The Morgan fingerprint density at radius 3 is 2.60 bits per heavy atom. The van der Waals surface area contributed by atoms with Crippen LogP contribution in [0.25, 0.3) is 0 Å². The van der Waals surface area contributed by atoms with Gasteiger partial charge < -0.3 is 10.6 Å². The van der Waals surface area contributed by atoms with E-state index in [1.54, 1.807) is 0 Å². The van der Waals surface area contributed by atoms with Gasteiger partial charge in [-0.3, -0.25) is 9.59 Å². The molecule has 0 saturated carbocycles. The number of benzene rings is 2. The van der Waals surface area contributed by atoms with Gasteiger partial charge in [0.2, 0.25) is 5.91 Å². The van der Waals surface area contributed by atoms with Gasteiger partial charge in [0.05, 0.1) is 16.1 Å². The van der Waals surface area contributed by atoms with Gasteiger partial charge in [-0.25, -0.2) is 17.2 Å². The minimum Gasteiger partial charge on any atom is -0.324 e. The maximum atomic E-state index is 13.9. The van der Waals surface area contributed by atoms with Crippen molar-refractivity contribution in [2.45, 2.75) is 11.8 Å². The highest BCUT2D eigenvalue weighted by atomic mass is 32.2. The van der Waals surface area contributed by atoms with Crippen LogP contribution in [-0.2, 0) is 14.6 Å². The molecule has 0 unspecified atom stereocenters. The number of amides is 2. The zero-order valence-electron chi connectivity index (χ0n) is 12.9. The normalized spacial score (nSPS) is 15.2. The Labute approximate surface area is 141 Å². The first kappa shape index (κ1) is 17.0. The van der Waals surface area contributed by atoms with Gasteiger partial charge in [0.25, 0.3) is 5.91 Å². The lowest BCUT2D eigenvalue weighted by Gasteiger charge is -2.18. The molecule has 25 heavy (non-hydrogen) atoms. The van der Waals surface area contributed by atoms with Crippen LogP contribution in [0.1, 0.15) is 15.9 Å². The average molecular weight is 366 g/mol. The number of nitrogens with one attached hydrogen (secondary N) is 2. The fraction of sp³-hybridized carbons (Fsp3) is 0.125. The molecule has 1 heterocycles. The van der Waals surface area contributed by atoms with Crippen molar-refractivity contribution in [1.82, 2.24) is 0 Å². The van der Waals surface area contributed by atoms with Gasteiger partial charge in [-0.05, 0) is 42.8 Å². The summed E-state index contributed by atoms with van der Waals surface area (Å²) in [6.07, 6.45) is 0. The van der Waals surface area contributed by atoms with Crippen LogP contribution in [0.3, 0.4) is 0 Å². The lowest BCUT2D eigenvalue weighted by molar-refractivity contribution is -0.114. The second kappa shape index (κ2) is 5.92. The number of hydrogen-bond donors (Lipinski definition) is 2. The van der Waals surface area contributed by atoms with Crippen molar-refractivity contribution in [1.29, 1.82) is 0 Å². The molecule has 0 spiro atoms. The molecule has 0 bridgehead atoms. The topological polar surface area (TPSA) is 92.3 Å². The number of carbonyl (C=O) groups excluding carboxylic acids is 2. The summed E-state index contributed by atoms with van der Waals surface area (Å²) in [4.78, 5) is 23.3. The Hall–Kier alpha value is -2.81. The first-order valence-electron chi connectivity index (χ1n) is 7.11. The number of rotatable bonds is 2. The van der Waals surface area contributed by atoms with Crippen molar-refractivity contribution in [2.24, 2.45) is 0 Å². The van der Waals surface area contributed by atoms with E-state index in [1.807, 2.05) is 0 Å². The standard InChI is InChI=1S/C16H12F2N2O4S/c1-8-4-12(18)10(6-11(8)17)16(22)19-9-2-3-13-14(5-9)25(23,24)7-15(21)20-13/h2-6H,7H2,1H3,(H,19,22)(H,20,21). The van der Waals surface area contributed by atoms with Gasteiger partial charge in [0, 0.05) is 5.69 Å². The van der Waals surface area contributed by atoms with E-state index in [0.29, 0.717) is 0 Å². The number of hydrogen-bond acceptors (Lipinski definition) is 4. The van der Waals surface area contributed by atoms with Crippen molar-refractivity contribution in [3.8, 4) is 0 Å². The average Bonchev–Trinajstić information content (AvgIpc) is 2.50. The lowest BCUT2D eigenvalue weighted by Crippen LogP contribution is -2.29. The third-order valence-electron chi connectivity index (χ3n) is 3.66. The van der Waals surface area contributed by atoms with Crippen molar-refractivity contribution in [2.75, 3.05) is 16.4 Å². The zero-order chi connectivity index (χ0) is 18.4. The van der Waals surface area contributed by atoms with Gasteiger partial charge in [0.15, 0.2) is 9.84 Å². The monoisotopic (exact) mass is 366 g/mol. The van der Waals surface area contributed by atoms with E-state index >= 15 is 0 Å². The summed E-state index contributed by atoms with van der Waals surface area (Å²) in [6, 6.07) is 5.49. The van der Waals surface area contributed by atoms with E-state index in [9.17, 15) is 26.8 Å². The fourth-order valence-corrected chi connectivity index (χ4v) is 3.75. The summed E-state index contributed by atoms with van der Waals surface area (Å²) in [7, 11) is -3.83. The van der Waals surface area contributed by atoms with Crippen molar-refractivity contribution < 1.29 is 26.8 Å². The van der Waals surface area contributed by atoms with E-state index in [2.05, 4.69) is 10.6 Å². The molecule has 6 nitrogen and oxygen atoms in total. The maximum Gasteiger partial charge on any atom is 0.258 e. The molecule has 2 amide bonds. The van der Waals surface area contributed by atoms with Gasteiger partial charge >= 0.3 is 0 Å². The van der Waals surface area contributed by atoms with E-state index in [1.165, 1.54) is 19.1 Å². The highest BCUT2D eigenvalue weighted by Gasteiger charge is 2.29. The summed E-state index contributed by atoms with van der Waals surface area (Å²) < 4.78 is 51.5. The van der Waals surface area contributed by atoms with Crippen molar-refractivity contribution >= 4 is 33.0 Å². The highest BCUT2D eigenvalue weighted by molar-refractivity contribution is 7.92. The van der Waals surface area contributed by atoms with Crippen LogP contribution < -0.4 is 10.6 Å². The molecule has 130 valence electrons. The molecule has 0 aliphatic carbocycles. The quantitative estimate of drug-likeness (QED) is 0.853. The molecule has 3 rings (SSSR count). The Balaban J connectivity index is 1.94. The largest absolute Gasteiger partial charge is 0.324 e. The van der Waals surface area contributed by atoms with E-state index in [4.69, 9.17) is 0 Å². The van der Waals surface area contributed by atoms with Crippen LogP contribution in [0.2, 0.25) is 0 Å². The van der Waals surface area contributed by atoms with Crippen LogP contribution in [0.15, 0.2) is 35.2 Å². The first-order chi connectivity index (χ1) is 11.7. The summed E-state index contributed by atoms with van der Waals surface area (Å²) in [5.74, 6) is -3.90. The summed E-state index contributed by atoms with van der Waals surface area (Å²) >= 11 is 0. The Kier molecular flexibility index (Phi) is 4.03. The molecule has 2 N–H and O–H groups in total. The minimum atomic E-state index is -3.83. The van der Waals surface area contributed by atoms with E-state index in [0.717, 1.165) is 18.2 Å². The van der Waals surface area contributed by atoms with Crippen LogP contribution in [-0.4, -0.2) is 26.0 Å². The van der Waals surface area contributed by atoms with E-state index < -0.39 is 44.6 Å². The predicted molar refractivity (Wildman–Crippen MR) is 86.2 cm³/mol. The van der Waals surface area contributed by atoms with Crippen LogP contribution in [0, 0.1) is 18.6 Å². The van der Waals surface area contributed by atoms with Crippen molar-refractivity contribution in [3.63, 3.8) is 0 Å². The smallest absolute Gasteiger partial charge is 0.258 e. The SMILES string of the molecule is Cc1cc(F)c(C(=O)Nc2ccc3c(c2)S(=O)(=O)CC(=O)N3)cc1F. The van der Waals surface area contributed by atoms with Gasteiger partial charge in [0.1, 0.15) is 17.4 Å². The van der Waals surface area contributed by atoms with E-state index in [-0.39, 0.29) is 21.8 Å². The molecule has 1 aliphatic heterocycles.